The largest absolute Gasteiger partial charge is 0.380 e. The molecule has 0 aliphatic heterocycles. The number of rotatable bonds is 3. The lowest BCUT2D eigenvalue weighted by Gasteiger charge is -2.08. The summed E-state index contributed by atoms with van der Waals surface area (Å²) in [6.07, 6.45) is 5.08. The molecule has 0 aliphatic carbocycles. The van der Waals surface area contributed by atoms with Crippen LogP contribution in [0.5, 0.6) is 0 Å². The molecule has 1 aromatic carbocycles. The van der Waals surface area contributed by atoms with Gasteiger partial charge in [0.05, 0.1) is 10.7 Å². The molecule has 0 fully saturated rings. The van der Waals surface area contributed by atoms with Gasteiger partial charge in [-0.15, -0.1) is 0 Å². The molecular formula is C12H12ClN3. The lowest BCUT2D eigenvalue weighted by atomic mass is 10.2. The Morgan fingerprint density at radius 2 is 2.00 bits per heavy atom. The Morgan fingerprint density at radius 1 is 1.25 bits per heavy atom. The van der Waals surface area contributed by atoms with Gasteiger partial charge in [-0.1, -0.05) is 17.7 Å². The highest BCUT2D eigenvalue weighted by Crippen LogP contribution is 2.22. The Bertz CT molecular complexity index is 471. The van der Waals surface area contributed by atoms with E-state index in [1.807, 2.05) is 25.1 Å². The van der Waals surface area contributed by atoms with Crippen molar-refractivity contribution in [1.29, 1.82) is 0 Å². The molecule has 0 radical (unpaired) electrons. The quantitative estimate of drug-likeness (QED) is 0.886. The molecule has 3 nitrogen and oxygen atoms in total. The number of aromatic nitrogens is 2. The average molecular weight is 234 g/mol. The van der Waals surface area contributed by atoms with Crippen LogP contribution >= 0.6 is 11.6 Å². The first-order chi connectivity index (χ1) is 7.75. The van der Waals surface area contributed by atoms with Crippen molar-refractivity contribution in [2.75, 3.05) is 5.32 Å². The van der Waals surface area contributed by atoms with Crippen LogP contribution in [0.25, 0.3) is 0 Å². The topological polar surface area (TPSA) is 37.8 Å². The van der Waals surface area contributed by atoms with E-state index in [-0.39, 0.29) is 0 Å². The number of nitrogens with one attached hydrogen (secondary N) is 1. The normalized spacial score (nSPS) is 10.1. The first-order valence-electron chi connectivity index (χ1n) is 4.99. The van der Waals surface area contributed by atoms with E-state index >= 15 is 0 Å². The molecule has 2 aromatic rings. The Balaban J connectivity index is 2.05. The summed E-state index contributed by atoms with van der Waals surface area (Å²) >= 11 is 6.10. The van der Waals surface area contributed by atoms with Crippen LogP contribution in [-0.4, -0.2) is 9.97 Å². The maximum atomic E-state index is 6.10. The third kappa shape index (κ3) is 2.70. The Kier molecular flexibility index (Phi) is 3.37. The summed E-state index contributed by atoms with van der Waals surface area (Å²) in [6, 6.07) is 5.93. The molecule has 82 valence electrons. The van der Waals surface area contributed by atoms with E-state index in [0.29, 0.717) is 6.54 Å². The number of hydrogen-bond donors (Lipinski definition) is 1. The maximum absolute atomic E-state index is 6.10. The van der Waals surface area contributed by atoms with Crippen molar-refractivity contribution in [1.82, 2.24) is 9.97 Å². The van der Waals surface area contributed by atoms with Gasteiger partial charge in [0.25, 0.3) is 0 Å². The lowest BCUT2D eigenvalue weighted by Crippen LogP contribution is -2.00. The summed E-state index contributed by atoms with van der Waals surface area (Å²) in [7, 11) is 0. The predicted octanol–water partition coefficient (Wildman–Crippen LogP) is 3.05. The monoisotopic (exact) mass is 233 g/mol. The average Bonchev–Trinajstić information content (AvgIpc) is 2.29. The number of benzene rings is 1. The highest BCUT2D eigenvalue weighted by atomic mass is 35.5. The minimum Gasteiger partial charge on any atom is -0.380 e. The van der Waals surface area contributed by atoms with E-state index in [4.69, 9.17) is 11.6 Å². The fourth-order valence-electron chi connectivity index (χ4n) is 1.38. The van der Waals surface area contributed by atoms with Crippen LogP contribution < -0.4 is 5.32 Å². The highest BCUT2D eigenvalue weighted by molar-refractivity contribution is 6.33. The number of nitrogens with zero attached hydrogens (tertiary/aromatic N) is 2. The van der Waals surface area contributed by atoms with Crippen LogP contribution in [0.3, 0.4) is 0 Å². The summed E-state index contributed by atoms with van der Waals surface area (Å²) in [5, 5.41) is 3.98. The Labute approximate surface area is 99.5 Å². The van der Waals surface area contributed by atoms with Crippen LogP contribution in [0.1, 0.15) is 11.1 Å². The predicted molar refractivity (Wildman–Crippen MR) is 65.5 cm³/mol. The van der Waals surface area contributed by atoms with Gasteiger partial charge < -0.3 is 5.32 Å². The van der Waals surface area contributed by atoms with Gasteiger partial charge in [0.2, 0.25) is 0 Å². The van der Waals surface area contributed by atoms with Gasteiger partial charge in [-0.25, -0.2) is 9.97 Å². The van der Waals surface area contributed by atoms with E-state index in [1.165, 1.54) is 6.33 Å². The second kappa shape index (κ2) is 4.94. The molecule has 0 spiro atoms. The summed E-state index contributed by atoms with van der Waals surface area (Å²) in [5.41, 5.74) is 3.11. The van der Waals surface area contributed by atoms with Crippen molar-refractivity contribution in [2.45, 2.75) is 13.5 Å². The lowest BCUT2D eigenvalue weighted by molar-refractivity contribution is 1.05. The van der Waals surface area contributed by atoms with E-state index in [2.05, 4.69) is 15.3 Å². The third-order valence-electron chi connectivity index (χ3n) is 2.22. The molecule has 0 aliphatic rings. The first-order valence-corrected chi connectivity index (χ1v) is 5.37. The molecule has 0 unspecified atom stereocenters. The second-order valence-electron chi connectivity index (χ2n) is 3.58. The first kappa shape index (κ1) is 10.9. The third-order valence-corrected chi connectivity index (χ3v) is 2.53. The molecule has 4 heteroatoms. The Morgan fingerprint density at radius 3 is 2.69 bits per heavy atom. The van der Waals surface area contributed by atoms with Crippen LogP contribution in [0, 0.1) is 6.92 Å². The van der Waals surface area contributed by atoms with Crippen LogP contribution in [-0.2, 0) is 6.54 Å². The minimum atomic E-state index is 0.670. The molecule has 0 saturated heterocycles. The van der Waals surface area contributed by atoms with E-state index < -0.39 is 0 Å². The van der Waals surface area contributed by atoms with Crippen LogP contribution in [0.2, 0.25) is 5.02 Å². The van der Waals surface area contributed by atoms with Crippen LogP contribution in [0.4, 0.5) is 5.69 Å². The van der Waals surface area contributed by atoms with Gasteiger partial charge in [0, 0.05) is 24.5 Å². The zero-order valence-corrected chi connectivity index (χ0v) is 9.70. The summed E-state index contributed by atoms with van der Waals surface area (Å²) in [5.74, 6) is 0. The molecule has 0 bridgehead atoms. The standard InChI is InChI=1S/C12H12ClN3/c1-9-2-3-12(11(13)4-9)16-7-10-5-14-8-15-6-10/h2-6,8,16H,7H2,1H3. The molecule has 0 saturated carbocycles. The zero-order chi connectivity index (χ0) is 11.4. The van der Waals surface area contributed by atoms with E-state index in [1.54, 1.807) is 12.4 Å². The molecule has 0 atom stereocenters. The highest BCUT2D eigenvalue weighted by Gasteiger charge is 2.00. The molecule has 1 aromatic heterocycles. The second-order valence-corrected chi connectivity index (χ2v) is 3.99. The summed E-state index contributed by atoms with van der Waals surface area (Å²) in [4.78, 5) is 7.90. The fraction of sp³-hybridized carbons (Fsp3) is 0.167. The Hall–Kier alpha value is -1.61. The van der Waals surface area contributed by atoms with Gasteiger partial charge in [-0.2, -0.15) is 0 Å². The molecule has 1 N–H and O–H groups in total. The van der Waals surface area contributed by atoms with Gasteiger partial charge >= 0.3 is 0 Å². The van der Waals surface area contributed by atoms with Gasteiger partial charge in [-0.05, 0) is 24.6 Å². The van der Waals surface area contributed by atoms with Crippen molar-refractivity contribution in [2.24, 2.45) is 0 Å². The number of hydrogen-bond acceptors (Lipinski definition) is 3. The number of halogens is 1. The van der Waals surface area contributed by atoms with Crippen molar-refractivity contribution in [3.8, 4) is 0 Å². The zero-order valence-electron chi connectivity index (χ0n) is 8.94. The van der Waals surface area contributed by atoms with E-state index in [0.717, 1.165) is 21.8 Å². The fourth-order valence-corrected chi connectivity index (χ4v) is 1.68. The maximum Gasteiger partial charge on any atom is 0.115 e. The summed E-state index contributed by atoms with van der Waals surface area (Å²) < 4.78 is 0. The number of aryl methyl sites for hydroxylation is 1. The molecule has 1 heterocycles. The smallest absolute Gasteiger partial charge is 0.115 e. The van der Waals surface area contributed by atoms with Gasteiger partial charge in [0.15, 0.2) is 0 Å². The SMILES string of the molecule is Cc1ccc(NCc2cncnc2)c(Cl)c1. The summed E-state index contributed by atoms with van der Waals surface area (Å²) in [6.45, 7) is 2.68. The van der Waals surface area contributed by atoms with Crippen molar-refractivity contribution in [3.63, 3.8) is 0 Å². The van der Waals surface area contributed by atoms with Gasteiger partial charge in [-0.3, -0.25) is 0 Å². The van der Waals surface area contributed by atoms with Gasteiger partial charge in [0.1, 0.15) is 6.33 Å². The molecule has 0 amide bonds. The molecule has 16 heavy (non-hydrogen) atoms. The van der Waals surface area contributed by atoms with Crippen LogP contribution in [0.15, 0.2) is 36.9 Å². The van der Waals surface area contributed by atoms with Crippen molar-refractivity contribution >= 4 is 17.3 Å². The molecular weight excluding hydrogens is 222 g/mol. The van der Waals surface area contributed by atoms with E-state index in [9.17, 15) is 0 Å². The van der Waals surface area contributed by atoms with Crippen molar-refractivity contribution in [3.05, 3.63) is 53.1 Å². The minimum absolute atomic E-state index is 0.670. The van der Waals surface area contributed by atoms with Crippen molar-refractivity contribution < 1.29 is 0 Å². The number of anilines is 1. The molecule has 2 rings (SSSR count).